The molecule has 3 aromatic rings. The number of phenolic OH excluding ortho intramolecular Hbond substituents is 1. The first-order valence-electron chi connectivity index (χ1n) is 14.7. The maximum absolute atomic E-state index is 10.4. The molecular formula is C35H42BClO4Si. The summed E-state index contributed by atoms with van der Waals surface area (Å²) in [5.74, 6) is 0.147. The molecule has 1 aliphatic rings. The van der Waals surface area contributed by atoms with Gasteiger partial charge in [-0.2, -0.15) is 0 Å². The Morgan fingerprint density at radius 3 is 2.24 bits per heavy atom. The van der Waals surface area contributed by atoms with E-state index in [9.17, 15) is 10.1 Å². The van der Waals surface area contributed by atoms with Crippen molar-refractivity contribution in [2.75, 3.05) is 6.61 Å². The van der Waals surface area contributed by atoms with Crippen LogP contribution in [-0.4, -0.2) is 38.3 Å². The summed E-state index contributed by atoms with van der Waals surface area (Å²) in [6, 6.07) is 26.2. The van der Waals surface area contributed by atoms with Crippen molar-refractivity contribution in [2.24, 2.45) is 0 Å². The molecule has 0 fully saturated rings. The standard InChI is InChI=1S/C35H42BClO4Si/c1-6-27(23-28-18-19-29(38)24-33(28)37)17-20-34-32(21-22-36(39)41-34)26(2)25-40-42(35(3,4)5,30-13-9-7-10-14-30)31-15-11-8-12-16-31/h7-16,18-19,21,23-24,34,38-39H,2,6,17,20,22,25H2,1,3-5H3/b27-23+. The van der Waals surface area contributed by atoms with Gasteiger partial charge in [-0.1, -0.05) is 124 Å². The van der Waals surface area contributed by atoms with Gasteiger partial charge in [-0.15, -0.1) is 0 Å². The van der Waals surface area contributed by atoms with Crippen LogP contribution in [0.2, 0.25) is 16.4 Å². The number of benzene rings is 3. The molecule has 0 saturated heterocycles. The highest BCUT2D eigenvalue weighted by Gasteiger charge is 2.50. The summed E-state index contributed by atoms with van der Waals surface area (Å²) in [4.78, 5) is 0. The molecule has 1 aliphatic heterocycles. The van der Waals surface area contributed by atoms with Gasteiger partial charge in [-0.05, 0) is 69.6 Å². The summed E-state index contributed by atoms with van der Waals surface area (Å²) in [5, 5.41) is 22.9. The minimum atomic E-state index is -2.72. The summed E-state index contributed by atoms with van der Waals surface area (Å²) >= 11 is 6.36. The molecule has 4 nitrogen and oxygen atoms in total. The van der Waals surface area contributed by atoms with Gasteiger partial charge in [0.25, 0.3) is 8.32 Å². The number of aromatic hydroxyl groups is 1. The van der Waals surface area contributed by atoms with Crippen molar-refractivity contribution in [3.05, 3.63) is 119 Å². The van der Waals surface area contributed by atoms with Crippen LogP contribution in [0.3, 0.4) is 0 Å². The van der Waals surface area contributed by atoms with Crippen LogP contribution in [0.4, 0.5) is 0 Å². The Bertz CT molecular complexity index is 1380. The van der Waals surface area contributed by atoms with Crippen molar-refractivity contribution in [3.63, 3.8) is 0 Å². The number of hydrogen-bond acceptors (Lipinski definition) is 4. The Morgan fingerprint density at radius 1 is 1.07 bits per heavy atom. The zero-order valence-electron chi connectivity index (χ0n) is 25.1. The molecule has 1 heterocycles. The van der Waals surface area contributed by atoms with Crippen LogP contribution in [-0.2, 0) is 9.08 Å². The second kappa shape index (κ2) is 14.1. The fourth-order valence-corrected chi connectivity index (χ4v) is 10.6. The molecule has 0 saturated carbocycles. The Morgan fingerprint density at radius 2 is 1.69 bits per heavy atom. The first kappa shape index (κ1) is 32.1. The molecular weight excluding hydrogens is 559 g/mol. The van der Waals surface area contributed by atoms with Gasteiger partial charge in [0.15, 0.2) is 0 Å². The topological polar surface area (TPSA) is 58.9 Å². The van der Waals surface area contributed by atoms with Crippen molar-refractivity contribution in [1.29, 1.82) is 0 Å². The monoisotopic (exact) mass is 600 g/mol. The van der Waals surface area contributed by atoms with Crippen LogP contribution < -0.4 is 10.4 Å². The highest BCUT2D eigenvalue weighted by molar-refractivity contribution is 6.99. The first-order valence-corrected chi connectivity index (χ1v) is 17.0. The fourth-order valence-electron chi connectivity index (χ4n) is 5.83. The van der Waals surface area contributed by atoms with Crippen molar-refractivity contribution >= 4 is 43.5 Å². The van der Waals surface area contributed by atoms with Gasteiger partial charge in [0, 0.05) is 6.32 Å². The summed E-state index contributed by atoms with van der Waals surface area (Å²) in [7, 11) is -3.57. The van der Waals surface area contributed by atoms with E-state index >= 15 is 0 Å². The molecule has 3 aromatic carbocycles. The lowest BCUT2D eigenvalue weighted by atomic mass is 9.78. The van der Waals surface area contributed by atoms with Crippen molar-refractivity contribution in [3.8, 4) is 5.75 Å². The lowest BCUT2D eigenvalue weighted by molar-refractivity contribution is 0.181. The summed E-state index contributed by atoms with van der Waals surface area (Å²) < 4.78 is 13.2. The van der Waals surface area contributed by atoms with Crippen molar-refractivity contribution < 1.29 is 19.2 Å². The average molecular weight is 601 g/mol. The van der Waals surface area contributed by atoms with Gasteiger partial charge < -0.3 is 19.2 Å². The van der Waals surface area contributed by atoms with Crippen LogP contribution in [0.15, 0.2) is 108 Å². The minimum absolute atomic E-state index is 0.140. The van der Waals surface area contributed by atoms with Crippen LogP contribution >= 0.6 is 11.6 Å². The molecule has 0 bridgehead atoms. The Labute approximate surface area is 257 Å². The average Bonchev–Trinajstić information content (AvgIpc) is 2.97. The molecule has 4 rings (SSSR count). The SMILES string of the molecule is C=C(CO[Si](c1ccccc1)(c1ccccc1)C(C)(C)C)C1=CCB(O)OC1CC/C(=C/c1ccc(O)cc1Cl)CC. The number of phenols is 1. The quantitative estimate of drug-likeness (QED) is 0.223. The first-order chi connectivity index (χ1) is 20.0. The van der Waals surface area contributed by atoms with E-state index in [0.29, 0.717) is 24.4 Å². The van der Waals surface area contributed by atoms with E-state index in [2.05, 4.69) is 95.0 Å². The third-order valence-electron chi connectivity index (χ3n) is 8.02. The second-order valence-corrected chi connectivity index (χ2v) is 16.6. The van der Waals surface area contributed by atoms with E-state index in [0.717, 1.165) is 29.6 Å². The molecule has 7 heteroatoms. The van der Waals surface area contributed by atoms with Crippen LogP contribution in [0, 0.1) is 0 Å². The Kier molecular flexibility index (Phi) is 10.7. The molecule has 0 amide bonds. The highest BCUT2D eigenvalue weighted by Crippen LogP contribution is 2.38. The molecule has 1 atom stereocenters. The maximum Gasteiger partial charge on any atom is 0.458 e. The summed E-state index contributed by atoms with van der Waals surface area (Å²) in [6.45, 7) is 13.8. The number of halogens is 1. The molecule has 0 radical (unpaired) electrons. The van der Waals surface area contributed by atoms with Crippen molar-refractivity contribution in [1.82, 2.24) is 0 Å². The second-order valence-electron chi connectivity index (χ2n) is 11.9. The lowest BCUT2D eigenvalue weighted by Gasteiger charge is -2.43. The number of rotatable bonds is 11. The lowest BCUT2D eigenvalue weighted by Crippen LogP contribution is -2.66. The number of allylic oxidation sites excluding steroid dienone is 2. The third kappa shape index (κ3) is 7.36. The third-order valence-corrected chi connectivity index (χ3v) is 13.3. The predicted octanol–water partition coefficient (Wildman–Crippen LogP) is 7.56. The normalized spacial score (nSPS) is 16.3. The molecule has 0 aliphatic carbocycles. The van der Waals surface area contributed by atoms with Crippen LogP contribution in [0.1, 0.15) is 52.5 Å². The smallest absolute Gasteiger partial charge is 0.458 e. The largest absolute Gasteiger partial charge is 0.508 e. The molecule has 42 heavy (non-hydrogen) atoms. The van der Waals surface area contributed by atoms with Gasteiger partial charge in [-0.25, -0.2) is 0 Å². The molecule has 1 unspecified atom stereocenters. The Balaban J connectivity index is 1.57. The van der Waals surface area contributed by atoms with Gasteiger partial charge in [0.1, 0.15) is 5.75 Å². The molecule has 220 valence electrons. The minimum Gasteiger partial charge on any atom is -0.508 e. The zero-order chi connectivity index (χ0) is 30.3. The van der Waals surface area contributed by atoms with Gasteiger partial charge in [0.05, 0.1) is 17.7 Å². The van der Waals surface area contributed by atoms with E-state index in [1.54, 1.807) is 12.1 Å². The molecule has 0 aromatic heterocycles. The van der Waals surface area contributed by atoms with E-state index in [4.69, 9.17) is 20.7 Å². The van der Waals surface area contributed by atoms with E-state index in [-0.39, 0.29) is 16.9 Å². The van der Waals surface area contributed by atoms with Crippen molar-refractivity contribution in [2.45, 2.75) is 64.4 Å². The summed E-state index contributed by atoms with van der Waals surface area (Å²) in [5.41, 5.74) is 3.95. The van der Waals surface area contributed by atoms with E-state index < -0.39 is 15.4 Å². The maximum atomic E-state index is 10.4. The zero-order valence-corrected chi connectivity index (χ0v) is 26.9. The van der Waals surface area contributed by atoms with Crippen LogP contribution in [0.5, 0.6) is 5.75 Å². The van der Waals surface area contributed by atoms with Gasteiger partial charge in [-0.3, -0.25) is 0 Å². The highest BCUT2D eigenvalue weighted by atomic mass is 35.5. The Hall–Kier alpha value is -2.87. The number of hydrogen-bond donors (Lipinski definition) is 2. The fraction of sp³-hybridized carbons (Fsp3) is 0.314. The van der Waals surface area contributed by atoms with Gasteiger partial charge >= 0.3 is 7.12 Å². The molecule has 0 spiro atoms. The van der Waals surface area contributed by atoms with Crippen LogP contribution in [0.25, 0.3) is 6.08 Å². The van der Waals surface area contributed by atoms with E-state index in [1.807, 2.05) is 18.2 Å². The predicted molar refractivity (Wildman–Crippen MR) is 179 cm³/mol. The summed E-state index contributed by atoms with van der Waals surface area (Å²) in [6.07, 6.45) is 6.57. The van der Waals surface area contributed by atoms with Gasteiger partial charge in [0.2, 0.25) is 0 Å². The molecule has 2 N–H and O–H groups in total. The van der Waals surface area contributed by atoms with E-state index in [1.165, 1.54) is 15.9 Å².